The molecule has 0 radical (unpaired) electrons. The van der Waals surface area contributed by atoms with Crippen LogP contribution in [0.15, 0.2) is 72.8 Å². The van der Waals surface area contributed by atoms with Crippen LogP contribution in [-0.2, 0) is 37.0 Å². The number of methoxy groups -OCH3 is 1. The minimum absolute atomic E-state index is 0.136. The normalized spacial score (nSPS) is 24.0. The molecule has 0 spiro atoms. The summed E-state index contributed by atoms with van der Waals surface area (Å²) in [6.45, 7) is 0.848. The van der Waals surface area contributed by atoms with Crippen molar-refractivity contribution in [3.8, 4) is 0 Å². The van der Waals surface area contributed by atoms with Crippen molar-refractivity contribution in [3.05, 3.63) is 83.9 Å². The Morgan fingerprint density at radius 2 is 1.69 bits per heavy atom. The van der Waals surface area contributed by atoms with Crippen molar-refractivity contribution in [1.82, 2.24) is 5.32 Å². The summed E-state index contributed by atoms with van der Waals surface area (Å²) in [5.74, 6) is -0.267. The van der Waals surface area contributed by atoms with Crippen LogP contribution in [0.2, 0.25) is 0 Å². The maximum atomic E-state index is 12.5. The summed E-state index contributed by atoms with van der Waals surface area (Å²) in [5.41, 5.74) is 7.49. The third-order valence-electron chi connectivity index (χ3n) is 6.22. The molecule has 5 atom stereocenters. The van der Waals surface area contributed by atoms with Gasteiger partial charge in [0.15, 0.2) is 6.29 Å². The molecule has 1 saturated heterocycles. The van der Waals surface area contributed by atoms with Crippen LogP contribution >= 0.6 is 0 Å². The third-order valence-corrected chi connectivity index (χ3v) is 6.22. The lowest BCUT2D eigenvalue weighted by Gasteiger charge is -2.44. The van der Waals surface area contributed by atoms with Gasteiger partial charge >= 0.3 is 0 Å². The quantitative estimate of drug-likeness (QED) is 0.376. The molecule has 1 fully saturated rings. The van der Waals surface area contributed by atoms with Crippen LogP contribution in [0.3, 0.4) is 0 Å². The summed E-state index contributed by atoms with van der Waals surface area (Å²) in [5, 5.41) is 16.3. The highest BCUT2D eigenvalue weighted by molar-refractivity contribution is 5.82. The molecule has 192 valence electrons. The number of hydrogen-bond acceptors (Lipinski definition) is 7. The zero-order valence-corrected chi connectivity index (χ0v) is 20.4. The van der Waals surface area contributed by atoms with Gasteiger partial charge in [0.2, 0.25) is 5.91 Å². The molecule has 0 aliphatic carbocycles. The lowest BCUT2D eigenvalue weighted by atomic mass is 9.96. The number of fused-ring (bicyclic) bond motifs is 1. The second-order valence-corrected chi connectivity index (χ2v) is 8.87. The van der Waals surface area contributed by atoms with Crippen LogP contribution in [0.5, 0.6) is 0 Å². The molecule has 0 saturated carbocycles. The van der Waals surface area contributed by atoms with Crippen LogP contribution in [-0.4, -0.2) is 61.9 Å². The number of aliphatic hydroxyl groups is 1. The summed E-state index contributed by atoms with van der Waals surface area (Å²) in [4.78, 5) is 12.5. The summed E-state index contributed by atoms with van der Waals surface area (Å²) in [6.07, 6.45) is -3.26. The first kappa shape index (κ1) is 26.2. The SMILES string of the molecule is COC[C@H]1OC(OCc2ccc3ccccc3c2)[C@H](NC(=O)CCN)[C@H](OCc2ccccc2)[C@@H]1O. The Hall–Kier alpha value is -2.85. The van der Waals surface area contributed by atoms with E-state index in [1.54, 1.807) is 0 Å². The van der Waals surface area contributed by atoms with E-state index in [4.69, 9.17) is 24.7 Å². The Morgan fingerprint density at radius 3 is 2.44 bits per heavy atom. The second-order valence-electron chi connectivity index (χ2n) is 8.87. The predicted molar refractivity (Wildman–Crippen MR) is 136 cm³/mol. The van der Waals surface area contributed by atoms with E-state index in [1.165, 1.54) is 7.11 Å². The topological polar surface area (TPSA) is 112 Å². The second kappa shape index (κ2) is 12.9. The van der Waals surface area contributed by atoms with E-state index >= 15 is 0 Å². The smallest absolute Gasteiger partial charge is 0.221 e. The van der Waals surface area contributed by atoms with Crippen molar-refractivity contribution in [2.24, 2.45) is 5.73 Å². The lowest BCUT2D eigenvalue weighted by Crippen LogP contribution is -2.65. The van der Waals surface area contributed by atoms with Crippen molar-refractivity contribution in [3.63, 3.8) is 0 Å². The van der Waals surface area contributed by atoms with Crippen molar-refractivity contribution in [2.75, 3.05) is 20.3 Å². The van der Waals surface area contributed by atoms with Crippen molar-refractivity contribution in [2.45, 2.75) is 50.3 Å². The van der Waals surface area contributed by atoms with E-state index < -0.39 is 30.6 Å². The number of carbonyl (C=O) groups excluding carboxylic acids is 1. The van der Waals surface area contributed by atoms with Crippen molar-refractivity contribution in [1.29, 1.82) is 0 Å². The number of carbonyl (C=O) groups is 1. The first-order valence-corrected chi connectivity index (χ1v) is 12.2. The minimum Gasteiger partial charge on any atom is -0.388 e. The van der Waals surface area contributed by atoms with Crippen LogP contribution < -0.4 is 11.1 Å². The van der Waals surface area contributed by atoms with E-state index in [2.05, 4.69) is 17.4 Å². The molecule has 4 rings (SSSR count). The Balaban J connectivity index is 1.55. The average Bonchev–Trinajstić information content (AvgIpc) is 2.90. The molecule has 1 amide bonds. The van der Waals surface area contributed by atoms with Crippen molar-refractivity contribution < 1.29 is 28.8 Å². The minimum atomic E-state index is -1.04. The Morgan fingerprint density at radius 1 is 0.972 bits per heavy atom. The first-order valence-electron chi connectivity index (χ1n) is 12.2. The highest BCUT2D eigenvalue weighted by Crippen LogP contribution is 2.27. The molecular formula is C28H34N2O6. The zero-order chi connectivity index (χ0) is 25.3. The number of rotatable bonds is 11. The first-order chi connectivity index (χ1) is 17.6. The molecule has 8 heteroatoms. The number of aliphatic hydroxyl groups excluding tert-OH is 1. The van der Waals surface area contributed by atoms with E-state index in [0.29, 0.717) is 0 Å². The molecular weight excluding hydrogens is 460 g/mol. The fourth-order valence-electron chi connectivity index (χ4n) is 4.38. The van der Waals surface area contributed by atoms with Gasteiger partial charge in [-0.2, -0.15) is 0 Å². The van der Waals surface area contributed by atoms with E-state index in [9.17, 15) is 9.90 Å². The van der Waals surface area contributed by atoms with Crippen molar-refractivity contribution >= 4 is 16.7 Å². The predicted octanol–water partition coefficient (Wildman–Crippen LogP) is 2.51. The molecule has 1 aliphatic heterocycles. The monoisotopic (exact) mass is 494 g/mol. The molecule has 3 aromatic carbocycles. The number of ether oxygens (including phenoxy) is 4. The Labute approximate surface area is 211 Å². The molecule has 36 heavy (non-hydrogen) atoms. The maximum absolute atomic E-state index is 12.5. The van der Waals surface area contributed by atoms with Crippen LogP contribution in [0.25, 0.3) is 10.8 Å². The van der Waals surface area contributed by atoms with E-state index in [-0.39, 0.29) is 38.7 Å². The van der Waals surface area contributed by atoms with Gasteiger partial charge in [-0.25, -0.2) is 0 Å². The fourth-order valence-corrected chi connectivity index (χ4v) is 4.38. The van der Waals surface area contributed by atoms with Gasteiger partial charge in [-0.3, -0.25) is 4.79 Å². The Kier molecular flexibility index (Phi) is 9.41. The van der Waals surface area contributed by atoms with Crippen LogP contribution in [0.1, 0.15) is 17.5 Å². The fraction of sp³-hybridized carbons (Fsp3) is 0.393. The molecule has 4 N–H and O–H groups in total. The number of nitrogens with one attached hydrogen (secondary N) is 1. The molecule has 8 nitrogen and oxygen atoms in total. The van der Waals surface area contributed by atoms with Gasteiger partial charge in [-0.05, 0) is 28.0 Å². The third kappa shape index (κ3) is 6.67. The largest absolute Gasteiger partial charge is 0.388 e. The van der Waals surface area contributed by atoms with Gasteiger partial charge in [0, 0.05) is 20.1 Å². The van der Waals surface area contributed by atoms with Crippen LogP contribution in [0, 0.1) is 0 Å². The van der Waals surface area contributed by atoms with Gasteiger partial charge in [0.25, 0.3) is 0 Å². The number of benzene rings is 3. The summed E-state index contributed by atoms with van der Waals surface area (Å²) < 4.78 is 23.8. The molecule has 1 aliphatic rings. The molecule has 1 heterocycles. The maximum Gasteiger partial charge on any atom is 0.221 e. The van der Waals surface area contributed by atoms with Gasteiger partial charge in [-0.15, -0.1) is 0 Å². The van der Waals surface area contributed by atoms with E-state index in [0.717, 1.165) is 21.9 Å². The zero-order valence-electron chi connectivity index (χ0n) is 20.4. The van der Waals surface area contributed by atoms with E-state index in [1.807, 2.05) is 60.7 Å². The summed E-state index contributed by atoms with van der Waals surface area (Å²) in [7, 11) is 1.54. The Bertz CT molecular complexity index is 1110. The average molecular weight is 495 g/mol. The molecule has 3 aromatic rings. The van der Waals surface area contributed by atoms with Crippen LogP contribution in [0.4, 0.5) is 0 Å². The number of nitrogens with two attached hydrogens (primary N) is 1. The lowest BCUT2D eigenvalue weighted by molar-refractivity contribution is -0.282. The summed E-state index contributed by atoms with van der Waals surface area (Å²) in [6, 6.07) is 23.1. The highest BCUT2D eigenvalue weighted by atomic mass is 16.7. The number of amides is 1. The standard InChI is InChI=1S/C28H34N2O6/c1-33-18-23-26(32)27(34-16-19-7-3-2-4-8-19)25(30-24(31)13-14-29)28(36-23)35-17-20-11-12-21-9-5-6-10-22(21)15-20/h2-12,15,23,25-28,32H,13-14,16-18,29H2,1H3,(H,30,31)/t23-,25-,26-,27+,28?/m1/s1. The highest BCUT2D eigenvalue weighted by Gasteiger charge is 2.47. The van der Waals surface area contributed by atoms with Gasteiger partial charge < -0.3 is 35.1 Å². The number of hydrogen-bond donors (Lipinski definition) is 3. The van der Waals surface area contributed by atoms with Gasteiger partial charge in [0.05, 0.1) is 19.8 Å². The molecule has 1 unspecified atom stereocenters. The molecule has 0 aromatic heterocycles. The van der Waals surface area contributed by atoms with Gasteiger partial charge in [0.1, 0.15) is 24.4 Å². The van der Waals surface area contributed by atoms with Gasteiger partial charge in [-0.1, -0.05) is 66.7 Å². The summed E-state index contributed by atoms with van der Waals surface area (Å²) >= 11 is 0. The molecule has 0 bridgehead atoms.